The molecule has 0 bridgehead atoms. The van der Waals surface area contributed by atoms with Crippen LogP contribution in [0.1, 0.15) is 56.1 Å². The standard InChI is InChI=1S/C32H44FN7O3/c33-27-12-8-26(9-13-27)23-36-31-38-30(35-22-25-5-2-1-3-6-25)39-32(40-31)37-28-14-10-24(11-15-28)21-29(41)7-4-17-42-19-20-43-18-16-34/h8-15,25H,1-7,16-23,34H2,(H3,35,36,37,38,39,40). The molecule has 43 heavy (non-hydrogen) atoms. The van der Waals surface area contributed by atoms with Gasteiger partial charge in [-0.3, -0.25) is 4.79 Å². The first-order valence-corrected chi connectivity index (χ1v) is 15.3. The van der Waals surface area contributed by atoms with Gasteiger partial charge >= 0.3 is 0 Å². The van der Waals surface area contributed by atoms with Crippen molar-refractivity contribution < 1.29 is 18.7 Å². The minimum absolute atomic E-state index is 0.173. The summed E-state index contributed by atoms with van der Waals surface area (Å²) in [6.07, 6.45) is 7.80. The number of ketones is 1. The first-order chi connectivity index (χ1) is 21.1. The molecule has 1 aliphatic rings. The van der Waals surface area contributed by atoms with Gasteiger partial charge in [-0.05, 0) is 60.6 Å². The Morgan fingerprint density at radius 3 is 2.19 bits per heavy atom. The Morgan fingerprint density at radius 1 is 0.814 bits per heavy atom. The predicted molar refractivity (Wildman–Crippen MR) is 167 cm³/mol. The van der Waals surface area contributed by atoms with E-state index >= 15 is 0 Å². The Balaban J connectivity index is 1.30. The highest BCUT2D eigenvalue weighted by Gasteiger charge is 2.15. The van der Waals surface area contributed by atoms with E-state index in [1.165, 1.54) is 44.2 Å². The number of ether oxygens (including phenoxy) is 2. The first kappa shape index (κ1) is 32.2. The lowest BCUT2D eigenvalue weighted by molar-refractivity contribution is -0.118. The van der Waals surface area contributed by atoms with Gasteiger partial charge in [0.1, 0.15) is 11.6 Å². The van der Waals surface area contributed by atoms with E-state index in [2.05, 4.69) is 30.9 Å². The summed E-state index contributed by atoms with van der Waals surface area (Å²) in [4.78, 5) is 26.2. The first-order valence-electron chi connectivity index (χ1n) is 15.3. The van der Waals surface area contributed by atoms with Crippen molar-refractivity contribution in [3.05, 3.63) is 65.5 Å². The molecule has 0 spiro atoms. The molecule has 1 aliphatic carbocycles. The van der Waals surface area contributed by atoms with Crippen LogP contribution in [-0.2, 0) is 27.2 Å². The summed E-state index contributed by atoms with van der Waals surface area (Å²) in [5.74, 6) is 1.83. The van der Waals surface area contributed by atoms with Crippen LogP contribution in [0.4, 0.5) is 27.9 Å². The van der Waals surface area contributed by atoms with Crippen LogP contribution in [0.25, 0.3) is 0 Å². The smallest absolute Gasteiger partial charge is 0.233 e. The van der Waals surface area contributed by atoms with Gasteiger partial charge in [-0.1, -0.05) is 43.5 Å². The SMILES string of the molecule is NCCOCCOCCCC(=O)Cc1ccc(Nc2nc(NCc3ccc(F)cc3)nc(NCC3CCCCC3)n2)cc1. The number of halogens is 1. The molecule has 10 nitrogen and oxygen atoms in total. The van der Waals surface area contributed by atoms with Crippen LogP contribution in [0.2, 0.25) is 0 Å². The zero-order valence-corrected chi connectivity index (χ0v) is 24.8. The number of hydrogen-bond donors (Lipinski definition) is 4. The van der Waals surface area contributed by atoms with Crippen molar-refractivity contribution in [2.75, 3.05) is 55.5 Å². The molecule has 4 rings (SSSR count). The van der Waals surface area contributed by atoms with Crippen molar-refractivity contribution >= 4 is 29.3 Å². The minimum atomic E-state index is -0.272. The third-order valence-corrected chi connectivity index (χ3v) is 7.26. The molecule has 2 aromatic carbocycles. The van der Waals surface area contributed by atoms with Crippen LogP contribution in [0.15, 0.2) is 48.5 Å². The lowest BCUT2D eigenvalue weighted by atomic mass is 9.89. The molecule has 0 atom stereocenters. The molecule has 3 aromatic rings. The predicted octanol–water partition coefficient (Wildman–Crippen LogP) is 5.24. The second kappa shape index (κ2) is 18.1. The third-order valence-electron chi connectivity index (χ3n) is 7.26. The van der Waals surface area contributed by atoms with Crippen molar-refractivity contribution in [2.45, 2.75) is 57.9 Å². The number of nitrogens with zero attached hydrogens (tertiary/aromatic N) is 3. The van der Waals surface area contributed by atoms with Crippen LogP contribution in [0.3, 0.4) is 0 Å². The summed E-state index contributed by atoms with van der Waals surface area (Å²) in [5.41, 5.74) is 8.04. The van der Waals surface area contributed by atoms with E-state index in [0.29, 0.717) is 82.5 Å². The molecule has 1 aromatic heterocycles. The Hall–Kier alpha value is -3.67. The van der Waals surface area contributed by atoms with Gasteiger partial charge in [-0.2, -0.15) is 15.0 Å². The highest BCUT2D eigenvalue weighted by atomic mass is 19.1. The molecule has 0 amide bonds. The van der Waals surface area contributed by atoms with Crippen LogP contribution in [0.5, 0.6) is 0 Å². The second-order valence-electron chi connectivity index (χ2n) is 10.8. The Kier molecular flexibility index (Phi) is 13.6. The van der Waals surface area contributed by atoms with E-state index in [-0.39, 0.29) is 11.6 Å². The zero-order valence-electron chi connectivity index (χ0n) is 24.8. The number of aromatic nitrogens is 3. The van der Waals surface area contributed by atoms with Gasteiger partial charge in [0.25, 0.3) is 0 Å². The lowest BCUT2D eigenvalue weighted by Gasteiger charge is -2.21. The fraction of sp³-hybridized carbons (Fsp3) is 0.500. The topological polar surface area (TPSA) is 136 Å². The van der Waals surface area contributed by atoms with Gasteiger partial charge in [-0.15, -0.1) is 0 Å². The average Bonchev–Trinajstić information content (AvgIpc) is 3.02. The van der Waals surface area contributed by atoms with Crippen molar-refractivity contribution in [3.8, 4) is 0 Å². The Bertz CT molecular complexity index is 1240. The molecule has 1 fully saturated rings. The van der Waals surface area contributed by atoms with E-state index in [1.807, 2.05) is 24.3 Å². The second-order valence-corrected chi connectivity index (χ2v) is 10.8. The van der Waals surface area contributed by atoms with Crippen molar-refractivity contribution in [3.63, 3.8) is 0 Å². The van der Waals surface area contributed by atoms with Crippen LogP contribution in [-0.4, -0.2) is 60.3 Å². The van der Waals surface area contributed by atoms with E-state index < -0.39 is 0 Å². The van der Waals surface area contributed by atoms with Crippen molar-refractivity contribution in [2.24, 2.45) is 11.7 Å². The molecule has 1 saturated carbocycles. The molecule has 232 valence electrons. The number of anilines is 4. The molecular weight excluding hydrogens is 549 g/mol. The van der Waals surface area contributed by atoms with Crippen LogP contribution in [0, 0.1) is 11.7 Å². The number of benzene rings is 2. The zero-order chi connectivity index (χ0) is 30.1. The molecular formula is C32H44FN7O3. The number of carbonyl (C=O) groups excluding carboxylic acids is 1. The maximum absolute atomic E-state index is 13.3. The monoisotopic (exact) mass is 593 g/mol. The Labute approximate surface area is 253 Å². The van der Waals surface area contributed by atoms with Gasteiger partial charge in [0.15, 0.2) is 0 Å². The summed E-state index contributed by atoms with van der Waals surface area (Å²) in [6.45, 7) is 3.85. The third kappa shape index (κ3) is 12.2. The highest BCUT2D eigenvalue weighted by Crippen LogP contribution is 2.24. The van der Waals surface area contributed by atoms with E-state index in [4.69, 9.17) is 15.2 Å². The fourth-order valence-electron chi connectivity index (χ4n) is 4.93. The molecule has 5 N–H and O–H groups in total. The maximum Gasteiger partial charge on any atom is 0.233 e. The van der Waals surface area contributed by atoms with E-state index in [9.17, 15) is 9.18 Å². The number of nitrogens with two attached hydrogens (primary N) is 1. The van der Waals surface area contributed by atoms with E-state index in [1.54, 1.807) is 12.1 Å². The number of carbonyl (C=O) groups is 1. The average molecular weight is 594 g/mol. The highest BCUT2D eigenvalue weighted by molar-refractivity contribution is 5.81. The van der Waals surface area contributed by atoms with Gasteiger partial charge in [-0.25, -0.2) is 4.39 Å². The quantitative estimate of drug-likeness (QED) is 0.137. The molecule has 0 aliphatic heterocycles. The van der Waals surface area contributed by atoms with Crippen LogP contribution < -0.4 is 21.7 Å². The summed E-state index contributed by atoms with van der Waals surface area (Å²) < 4.78 is 24.1. The van der Waals surface area contributed by atoms with Gasteiger partial charge in [0.05, 0.1) is 19.8 Å². The number of rotatable bonds is 19. The fourth-order valence-corrected chi connectivity index (χ4v) is 4.93. The number of nitrogens with one attached hydrogen (secondary N) is 3. The molecule has 1 heterocycles. The minimum Gasteiger partial charge on any atom is -0.379 e. The Morgan fingerprint density at radius 2 is 1.47 bits per heavy atom. The largest absolute Gasteiger partial charge is 0.379 e. The van der Waals surface area contributed by atoms with E-state index in [0.717, 1.165) is 23.4 Å². The van der Waals surface area contributed by atoms with Crippen molar-refractivity contribution in [1.82, 2.24) is 15.0 Å². The summed E-state index contributed by atoms with van der Waals surface area (Å²) in [5, 5.41) is 9.90. The van der Waals surface area contributed by atoms with Gasteiger partial charge in [0.2, 0.25) is 17.8 Å². The summed E-state index contributed by atoms with van der Waals surface area (Å²) in [7, 11) is 0. The summed E-state index contributed by atoms with van der Waals surface area (Å²) in [6, 6.07) is 14.0. The van der Waals surface area contributed by atoms with Crippen molar-refractivity contribution in [1.29, 1.82) is 0 Å². The number of Topliss-reactive ketones (excluding diaryl/α,β-unsaturated/α-hetero) is 1. The lowest BCUT2D eigenvalue weighted by Crippen LogP contribution is -2.19. The maximum atomic E-state index is 13.3. The molecule has 11 heteroatoms. The normalized spacial score (nSPS) is 13.5. The van der Waals surface area contributed by atoms with Crippen LogP contribution >= 0.6 is 0 Å². The molecule has 0 unspecified atom stereocenters. The summed E-state index contributed by atoms with van der Waals surface area (Å²) >= 11 is 0. The molecule has 0 radical (unpaired) electrons. The molecule has 0 saturated heterocycles. The van der Waals surface area contributed by atoms with Gasteiger partial charge in [0, 0.05) is 44.8 Å². The van der Waals surface area contributed by atoms with Gasteiger partial charge < -0.3 is 31.2 Å². The number of hydrogen-bond acceptors (Lipinski definition) is 10.